The molecule has 0 unspecified atom stereocenters. The molecule has 0 radical (unpaired) electrons. The molecule has 1 atom stereocenters. The molecule has 2 saturated heterocycles. The maximum absolute atomic E-state index is 14.6. The summed E-state index contributed by atoms with van der Waals surface area (Å²) in [5, 5.41) is 0. The Kier molecular flexibility index (Phi) is 5.99. The van der Waals surface area contributed by atoms with Crippen LogP contribution in [0.5, 0.6) is 0 Å². The summed E-state index contributed by atoms with van der Waals surface area (Å²) in [6.07, 6.45) is 3.81. The van der Waals surface area contributed by atoms with E-state index in [9.17, 15) is 13.6 Å². The maximum Gasteiger partial charge on any atom is 0.325 e. The number of carbonyl (C=O) groups is 1. The summed E-state index contributed by atoms with van der Waals surface area (Å²) in [6.45, 7) is 13.1. The van der Waals surface area contributed by atoms with Crippen molar-refractivity contribution in [1.29, 1.82) is 0 Å². The first-order valence-electron chi connectivity index (χ1n) is 12.7. The zero-order valence-electron chi connectivity index (χ0n) is 21.4. The van der Waals surface area contributed by atoms with Crippen LogP contribution in [0.2, 0.25) is 0 Å². The Labute approximate surface area is 207 Å². The Hall–Kier alpha value is -2.73. The van der Waals surface area contributed by atoms with Crippen molar-refractivity contribution in [3.8, 4) is 0 Å². The van der Waals surface area contributed by atoms with Gasteiger partial charge in [0.05, 0.1) is 12.1 Å². The topological polar surface area (TPSA) is 26.8 Å². The van der Waals surface area contributed by atoms with Crippen molar-refractivity contribution in [3.63, 3.8) is 0 Å². The number of benzene rings is 2. The molecule has 2 aromatic carbocycles. The predicted molar refractivity (Wildman–Crippen MR) is 134 cm³/mol. The van der Waals surface area contributed by atoms with Gasteiger partial charge in [-0.15, -0.1) is 0 Å². The Morgan fingerprint density at radius 2 is 1.77 bits per heavy atom. The minimum Gasteiger partial charge on any atom is -0.313 e. The summed E-state index contributed by atoms with van der Waals surface area (Å²) in [5.41, 5.74) is 6.39. The molecule has 186 valence electrons. The van der Waals surface area contributed by atoms with Crippen molar-refractivity contribution >= 4 is 6.03 Å². The number of carbonyl (C=O) groups excluding carboxylic acids is 1. The van der Waals surface area contributed by atoms with Crippen LogP contribution >= 0.6 is 0 Å². The number of likely N-dealkylation sites (tertiary alicyclic amines) is 1. The average molecular weight is 480 g/mol. The summed E-state index contributed by atoms with van der Waals surface area (Å²) in [6, 6.07) is 7.35. The van der Waals surface area contributed by atoms with E-state index >= 15 is 0 Å². The largest absolute Gasteiger partial charge is 0.325 e. The Morgan fingerprint density at radius 3 is 2.46 bits per heavy atom. The number of aryl methyl sites for hydroxylation is 3. The van der Waals surface area contributed by atoms with Crippen LogP contribution in [0.15, 0.2) is 36.0 Å². The molecule has 0 aliphatic carbocycles. The van der Waals surface area contributed by atoms with Crippen LogP contribution in [0.25, 0.3) is 0 Å². The van der Waals surface area contributed by atoms with Gasteiger partial charge >= 0.3 is 6.03 Å². The molecule has 5 rings (SSSR count). The molecule has 2 aromatic rings. The third-order valence-electron chi connectivity index (χ3n) is 8.31. The lowest BCUT2D eigenvalue weighted by Gasteiger charge is -2.44. The second-order valence-corrected chi connectivity index (χ2v) is 10.6. The highest BCUT2D eigenvalue weighted by molar-refractivity contribution is 5.83. The van der Waals surface area contributed by atoms with E-state index in [0.29, 0.717) is 31.7 Å². The zero-order chi connectivity index (χ0) is 25.1. The van der Waals surface area contributed by atoms with Crippen LogP contribution in [-0.4, -0.2) is 45.9 Å². The molecule has 3 aliphatic rings. The van der Waals surface area contributed by atoms with Gasteiger partial charge in [0.25, 0.3) is 0 Å². The minimum absolute atomic E-state index is 0.0715. The number of hydrogen-bond donors (Lipinski definition) is 0. The van der Waals surface area contributed by atoms with Crippen molar-refractivity contribution in [1.82, 2.24) is 14.7 Å². The highest BCUT2D eigenvalue weighted by atomic mass is 19.1. The summed E-state index contributed by atoms with van der Waals surface area (Å²) in [7, 11) is 0. The molecule has 2 fully saturated rings. The van der Waals surface area contributed by atoms with E-state index in [1.165, 1.54) is 34.4 Å². The summed E-state index contributed by atoms with van der Waals surface area (Å²) >= 11 is 0. The van der Waals surface area contributed by atoms with Gasteiger partial charge in [0.2, 0.25) is 0 Å². The van der Waals surface area contributed by atoms with E-state index < -0.39 is 11.6 Å². The predicted octanol–water partition coefficient (Wildman–Crippen LogP) is 6.18. The number of fused-ring (bicyclic) bond motifs is 3. The van der Waals surface area contributed by atoms with Gasteiger partial charge in [-0.05, 0) is 68.9 Å². The highest BCUT2D eigenvalue weighted by Crippen LogP contribution is 2.47. The van der Waals surface area contributed by atoms with E-state index in [-0.39, 0.29) is 29.6 Å². The third-order valence-corrected chi connectivity index (χ3v) is 8.31. The van der Waals surface area contributed by atoms with E-state index in [1.807, 2.05) is 16.7 Å². The van der Waals surface area contributed by atoms with E-state index in [1.54, 1.807) is 6.92 Å². The molecule has 0 N–H and O–H groups in total. The first-order valence-corrected chi connectivity index (χ1v) is 12.7. The average Bonchev–Trinajstić information content (AvgIpc) is 2.92. The number of allylic oxidation sites excluding steroid dienone is 1. The molecule has 2 amide bonds. The number of urea groups is 1. The quantitative estimate of drug-likeness (QED) is 0.525. The molecule has 1 spiro atoms. The summed E-state index contributed by atoms with van der Waals surface area (Å²) in [4.78, 5) is 19.8. The molecule has 4 nitrogen and oxygen atoms in total. The van der Waals surface area contributed by atoms with Crippen LogP contribution in [0, 0.1) is 32.4 Å². The normalized spacial score (nSPS) is 21.7. The van der Waals surface area contributed by atoms with Gasteiger partial charge in [-0.3, -0.25) is 9.80 Å². The Balaban J connectivity index is 1.45. The maximum atomic E-state index is 14.6. The Bertz CT molecular complexity index is 1210. The first-order chi connectivity index (χ1) is 16.7. The van der Waals surface area contributed by atoms with Crippen LogP contribution < -0.4 is 0 Å². The number of nitrogens with zero attached hydrogens (tertiary/aromatic N) is 3. The van der Waals surface area contributed by atoms with Crippen LogP contribution in [0.3, 0.4) is 0 Å². The number of halogens is 2. The Morgan fingerprint density at radius 1 is 1.06 bits per heavy atom. The SMILES string of the molecule is CCN1C(=O)N2Cc3cc(C)cc(C)c3[C@@H](C)C=C2C12CCN(Cc1c(F)ccc(C)c1F)CC2. The van der Waals surface area contributed by atoms with Gasteiger partial charge in [0.15, 0.2) is 0 Å². The third kappa shape index (κ3) is 3.77. The molecular formula is C29H35F2N3O. The van der Waals surface area contributed by atoms with Gasteiger partial charge < -0.3 is 4.90 Å². The fourth-order valence-corrected chi connectivity index (χ4v) is 6.69. The number of piperidine rings is 1. The molecule has 0 saturated carbocycles. The van der Waals surface area contributed by atoms with Gasteiger partial charge in [0.1, 0.15) is 11.6 Å². The molecule has 3 aliphatic heterocycles. The van der Waals surface area contributed by atoms with E-state index in [4.69, 9.17) is 0 Å². The van der Waals surface area contributed by atoms with Crippen molar-refractivity contribution in [2.24, 2.45) is 0 Å². The molecule has 0 aromatic heterocycles. The van der Waals surface area contributed by atoms with E-state index in [2.05, 4.69) is 43.9 Å². The van der Waals surface area contributed by atoms with Crippen molar-refractivity contribution in [2.75, 3.05) is 19.6 Å². The number of rotatable bonds is 3. The molecule has 35 heavy (non-hydrogen) atoms. The van der Waals surface area contributed by atoms with Gasteiger partial charge in [-0.1, -0.05) is 36.8 Å². The van der Waals surface area contributed by atoms with Gasteiger partial charge in [-0.25, -0.2) is 13.6 Å². The molecular weight excluding hydrogens is 444 g/mol. The first kappa shape index (κ1) is 24.0. The van der Waals surface area contributed by atoms with Crippen LogP contribution in [-0.2, 0) is 13.1 Å². The lowest BCUT2D eigenvalue weighted by atomic mass is 9.81. The van der Waals surface area contributed by atoms with Crippen molar-refractivity contribution in [2.45, 2.75) is 72.0 Å². The monoisotopic (exact) mass is 479 g/mol. The van der Waals surface area contributed by atoms with Crippen LogP contribution in [0.4, 0.5) is 13.6 Å². The van der Waals surface area contributed by atoms with Gasteiger partial charge in [-0.2, -0.15) is 0 Å². The molecule has 6 heteroatoms. The second kappa shape index (κ2) is 8.74. The van der Waals surface area contributed by atoms with Gasteiger partial charge in [0, 0.05) is 43.4 Å². The van der Waals surface area contributed by atoms with Crippen molar-refractivity contribution < 1.29 is 13.6 Å². The fourth-order valence-electron chi connectivity index (χ4n) is 6.69. The van der Waals surface area contributed by atoms with Crippen molar-refractivity contribution in [3.05, 3.63) is 81.1 Å². The lowest BCUT2D eigenvalue weighted by molar-refractivity contribution is 0.0876. The highest BCUT2D eigenvalue weighted by Gasteiger charge is 2.54. The summed E-state index contributed by atoms with van der Waals surface area (Å²) < 4.78 is 29.1. The number of likely N-dealkylation sites (N-methyl/N-ethyl adjacent to an activating group) is 1. The molecule has 0 bridgehead atoms. The number of amides is 2. The standard InChI is InChI=1S/C29H35F2N3O/c1-6-34-28(35)33-16-22-14-18(2)13-20(4)26(22)21(5)15-25(33)29(34)9-11-32(12-10-29)17-23-24(30)8-7-19(3)27(23)31/h7-8,13-15,21H,6,9-12,16-17H2,1-5H3/t21-/m0/s1. The van der Waals surface area contributed by atoms with E-state index in [0.717, 1.165) is 18.5 Å². The summed E-state index contributed by atoms with van der Waals surface area (Å²) in [5.74, 6) is -0.735. The fraction of sp³-hybridized carbons (Fsp3) is 0.483. The second-order valence-electron chi connectivity index (χ2n) is 10.6. The number of hydrogen-bond acceptors (Lipinski definition) is 2. The smallest absolute Gasteiger partial charge is 0.313 e. The molecule has 3 heterocycles. The lowest BCUT2D eigenvalue weighted by Crippen LogP contribution is -2.53. The van der Waals surface area contributed by atoms with Crippen LogP contribution in [0.1, 0.15) is 66.0 Å². The zero-order valence-corrected chi connectivity index (χ0v) is 21.4. The minimum atomic E-state index is -0.491.